The van der Waals surface area contributed by atoms with Crippen LogP contribution in [-0.4, -0.2) is 29.9 Å². The Kier molecular flexibility index (Phi) is 5.63. The molecule has 0 spiro atoms. The number of quaternary nitrogens is 1. The minimum absolute atomic E-state index is 0.220. The highest BCUT2D eigenvalue weighted by Gasteiger charge is 2.16. The van der Waals surface area contributed by atoms with Crippen LogP contribution in [-0.2, 0) is 4.79 Å². The van der Waals surface area contributed by atoms with E-state index in [-0.39, 0.29) is 5.78 Å². The van der Waals surface area contributed by atoms with E-state index < -0.39 is 0 Å². The molecular formula is C11H22NO+. The largest absolute Gasteiger partial charge is 0.298 e. The molecule has 0 heterocycles. The summed E-state index contributed by atoms with van der Waals surface area (Å²) in [7, 11) is 0. The van der Waals surface area contributed by atoms with Gasteiger partial charge >= 0.3 is 0 Å². The van der Waals surface area contributed by atoms with E-state index in [9.17, 15) is 4.79 Å². The molecule has 0 aromatic carbocycles. The number of carbonyl (C=O) groups is 1. The van der Waals surface area contributed by atoms with Gasteiger partial charge in [0.25, 0.3) is 0 Å². The molecule has 0 unspecified atom stereocenters. The SMILES string of the molecule is CCC(=O)/C=C\[N+](CC)(CC)CC. The first-order valence-corrected chi connectivity index (χ1v) is 5.21. The Morgan fingerprint density at radius 1 is 1.08 bits per heavy atom. The zero-order valence-corrected chi connectivity index (χ0v) is 9.34. The molecule has 0 aliphatic carbocycles. The summed E-state index contributed by atoms with van der Waals surface area (Å²) in [4.78, 5) is 11.1. The van der Waals surface area contributed by atoms with E-state index in [0.29, 0.717) is 6.42 Å². The maximum absolute atomic E-state index is 11.1. The van der Waals surface area contributed by atoms with Crippen LogP contribution in [0.4, 0.5) is 0 Å². The lowest BCUT2D eigenvalue weighted by Gasteiger charge is -2.31. The number of allylic oxidation sites excluding steroid dienone is 1. The third-order valence-electron chi connectivity index (χ3n) is 2.81. The van der Waals surface area contributed by atoms with Crippen LogP contribution in [0.25, 0.3) is 0 Å². The molecule has 0 rings (SSSR count). The monoisotopic (exact) mass is 184 g/mol. The lowest BCUT2D eigenvalue weighted by atomic mass is 10.3. The summed E-state index contributed by atoms with van der Waals surface area (Å²) in [6.45, 7) is 11.5. The topological polar surface area (TPSA) is 17.1 Å². The van der Waals surface area contributed by atoms with Gasteiger partial charge in [-0.15, -0.1) is 0 Å². The molecule has 0 atom stereocenters. The predicted molar refractivity (Wildman–Crippen MR) is 56.3 cm³/mol. The third kappa shape index (κ3) is 3.73. The maximum atomic E-state index is 11.1. The fourth-order valence-electron chi connectivity index (χ4n) is 1.35. The molecule has 0 bridgehead atoms. The molecule has 0 saturated carbocycles. The normalized spacial score (nSPS) is 12.3. The second kappa shape index (κ2) is 5.92. The fraction of sp³-hybridized carbons (Fsp3) is 0.727. The first-order valence-electron chi connectivity index (χ1n) is 5.21. The molecular weight excluding hydrogens is 162 g/mol. The van der Waals surface area contributed by atoms with Crippen LogP contribution in [0.15, 0.2) is 12.3 Å². The molecule has 76 valence electrons. The highest BCUT2D eigenvalue weighted by molar-refractivity contribution is 5.88. The second-order valence-corrected chi connectivity index (χ2v) is 3.30. The van der Waals surface area contributed by atoms with Gasteiger partial charge in [0.15, 0.2) is 5.78 Å². The van der Waals surface area contributed by atoms with Crippen LogP contribution < -0.4 is 0 Å². The van der Waals surface area contributed by atoms with Crippen LogP contribution in [0.1, 0.15) is 34.1 Å². The van der Waals surface area contributed by atoms with Gasteiger partial charge in [0.1, 0.15) is 0 Å². The van der Waals surface area contributed by atoms with Crippen molar-refractivity contribution in [3.8, 4) is 0 Å². The van der Waals surface area contributed by atoms with E-state index >= 15 is 0 Å². The van der Waals surface area contributed by atoms with E-state index in [4.69, 9.17) is 0 Å². The van der Waals surface area contributed by atoms with Gasteiger partial charge in [-0.1, -0.05) is 6.92 Å². The maximum Gasteiger partial charge on any atom is 0.160 e. The van der Waals surface area contributed by atoms with Crippen molar-refractivity contribution in [3.63, 3.8) is 0 Å². The Morgan fingerprint density at radius 2 is 1.54 bits per heavy atom. The van der Waals surface area contributed by atoms with Gasteiger partial charge in [0, 0.05) is 12.5 Å². The van der Waals surface area contributed by atoms with Gasteiger partial charge in [-0.05, 0) is 20.8 Å². The molecule has 0 radical (unpaired) electrons. The molecule has 0 aromatic heterocycles. The summed E-state index contributed by atoms with van der Waals surface area (Å²) in [6, 6.07) is 0. The summed E-state index contributed by atoms with van der Waals surface area (Å²) in [6.07, 6.45) is 4.38. The average Bonchev–Trinajstić information content (AvgIpc) is 2.20. The van der Waals surface area contributed by atoms with Crippen molar-refractivity contribution in [3.05, 3.63) is 12.3 Å². The van der Waals surface area contributed by atoms with Gasteiger partial charge < -0.3 is 0 Å². The first kappa shape index (κ1) is 12.4. The van der Waals surface area contributed by atoms with Crippen LogP contribution in [0, 0.1) is 0 Å². The molecule has 0 amide bonds. The molecule has 2 nitrogen and oxygen atoms in total. The molecule has 13 heavy (non-hydrogen) atoms. The lowest BCUT2D eigenvalue weighted by Crippen LogP contribution is -2.42. The van der Waals surface area contributed by atoms with E-state index in [2.05, 4.69) is 20.8 Å². The van der Waals surface area contributed by atoms with Crippen molar-refractivity contribution in [2.45, 2.75) is 34.1 Å². The van der Waals surface area contributed by atoms with E-state index in [1.165, 1.54) is 0 Å². The van der Waals surface area contributed by atoms with E-state index in [1.54, 1.807) is 6.08 Å². The van der Waals surface area contributed by atoms with Crippen LogP contribution >= 0.6 is 0 Å². The molecule has 2 heteroatoms. The van der Waals surface area contributed by atoms with Crippen LogP contribution in [0.5, 0.6) is 0 Å². The van der Waals surface area contributed by atoms with Gasteiger partial charge in [0.05, 0.1) is 25.8 Å². The van der Waals surface area contributed by atoms with Crippen molar-refractivity contribution in [2.75, 3.05) is 19.6 Å². The molecule has 0 aromatic rings. The Labute approximate surface area is 81.8 Å². The van der Waals surface area contributed by atoms with E-state index in [1.807, 2.05) is 13.1 Å². The van der Waals surface area contributed by atoms with Crippen LogP contribution in [0.2, 0.25) is 0 Å². The smallest absolute Gasteiger partial charge is 0.160 e. The summed E-state index contributed by atoms with van der Waals surface area (Å²) >= 11 is 0. The third-order valence-corrected chi connectivity index (χ3v) is 2.81. The van der Waals surface area contributed by atoms with E-state index in [0.717, 1.165) is 24.1 Å². The van der Waals surface area contributed by atoms with Crippen molar-refractivity contribution >= 4 is 5.78 Å². The Hall–Kier alpha value is -0.630. The minimum Gasteiger partial charge on any atom is -0.298 e. The highest BCUT2D eigenvalue weighted by Crippen LogP contribution is 2.07. The summed E-state index contributed by atoms with van der Waals surface area (Å²) in [5.74, 6) is 0.220. The van der Waals surface area contributed by atoms with Crippen molar-refractivity contribution in [1.82, 2.24) is 0 Å². The highest BCUT2D eigenvalue weighted by atomic mass is 16.1. The quantitative estimate of drug-likeness (QED) is 0.457. The Bertz CT molecular complexity index is 172. The van der Waals surface area contributed by atoms with Crippen molar-refractivity contribution in [2.24, 2.45) is 0 Å². The Morgan fingerprint density at radius 3 is 1.85 bits per heavy atom. The molecule has 0 saturated heterocycles. The predicted octanol–water partition coefficient (Wildman–Crippen LogP) is 2.36. The standard InChI is InChI=1S/C11H22NO/c1-5-11(13)9-10-12(6-2,7-3)8-4/h9-10H,5-8H2,1-4H3/q+1/b10-9-. The van der Waals surface area contributed by atoms with Gasteiger partial charge in [-0.3, -0.25) is 9.28 Å². The molecule has 0 N–H and O–H groups in total. The second-order valence-electron chi connectivity index (χ2n) is 3.30. The number of hydrogen-bond donors (Lipinski definition) is 0. The fourth-order valence-corrected chi connectivity index (χ4v) is 1.35. The number of nitrogens with zero attached hydrogens (tertiary/aromatic N) is 1. The minimum atomic E-state index is 0.220. The number of hydrogen-bond acceptors (Lipinski definition) is 1. The molecule has 0 aliphatic rings. The number of ketones is 1. The zero-order valence-electron chi connectivity index (χ0n) is 9.34. The summed E-state index contributed by atoms with van der Waals surface area (Å²) in [5.41, 5.74) is 0. The summed E-state index contributed by atoms with van der Waals surface area (Å²) < 4.78 is 0.908. The first-order chi connectivity index (χ1) is 6.14. The molecule has 0 aliphatic heterocycles. The zero-order chi connectivity index (χ0) is 10.3. The molecule has 0 fully saturated rings. The van der Waals surface area contributed by atoms with Crippen LogP contribution in [0.3, 0.4) is 0 Å². The van der Waals surface area contributed by atoms with Gasteiger partial charge in [-0.25, -0.2) is 0 Å². The van der Waals surface area contributed by atoms with Gasteiger partial charge in [-0.2, -0.15) is 0 Å². The Balaban J connectivity index is 4.40. The lowest BCUT2D eigenvalue weighted by molar-refractivity contribution is -0.874. The van der Waals surface area contributed by atoms with Gasteiger partial charge in [0.2, 0.25) is 0 Å². The van der Waals surface area contributed by atoms with Crippen molar-refractivity contribution in [1.29, 1.82) is 0 Å². The average molecular weight is 184 g/mol. The van der Waals surface area contributed by atoms with Crippen molar-refractivity contribution < 1.29 is 9.28 Å². The number of rotatable bonds is 6. The number of carbonyl (C=O) groups excluding carboxylic acids is 1. The summed E-state index contributed by atoms with van der Waals surface area (Å²) in [5, 5.41) is 0.